The summed E-state index contributed by atoms with van der Waals surface area (Å²) < 4.78 is 0. The third kappa shape index (κ3) is 1.53. The third-order valence-corrected chi connectivity index (χ3v) is 2.76. The number of urea groups is 1. The maximum absolute atomic E-state index is 11.4. The van der Waals surface area contributed by atoms with Gasteiger partial charge in [-0.25, -0.2) is 4.79 Å². The standard InChI is InChI=1S/C9H14N2O2/c1-2-11-8(12)5-7(6-3-4-6)10-9(11)13/h6-7H,2-5H2,1H3,(H,10,13). The van der Waals surface area contributed by atoms with E-state index in [9.17, 15) is 9.59 Å². The van der Waals surface area contributed by atoms with Crippen molar-refractivity contribution in [3.8, 4) is 0 Å². The Hall–Kier alpha value is -1.06. The molecule has 0 bridgehead atoms. The van der Waals surface area contributed by atoms with Gasteiger partial charge in [-0.1, -0.05) is 0 Å². The minimum absolute atomic E-state index is 0.0249. The van der Waals surface area contributed by atoms with Crippen LogP contribution in [0.2, 0.25) is 0 Å². The van der Waals surface area contributed by atoms with E-state index in [1.54, 1.807) is 0 Å². The van der Waals surface area contributed by atoms with Crippen LogP contribution in [-0.2, 0) is 4.79 Å². The molecule has 0 radical (unpaired) electrons. The average molecular weight is 182 g/mol. The monoisotopic (exact) mass is 182 g/mol. The van der Waals surface area contributed by atoms with Crippen LogP contribution in [0.5, 0.6) is 0 Å². The van der Waals surface area contributed by atoms with E-state index in [0.29, 0.717) is 18.9 Å². The molecule has 0 aromatic heterocycles. The third-order valence-electron chi connectivity index (χ3n) is 2.76. The van der Waals surface area contributed by atoms with Gasteiger partial charge in [-0.05, 0) is 25.7 Å². The number of hydrogen-bond acceptors (Lipinski definition) is 2. The number of nitrogens with zero attached hydrogens (tertiary/aromatic N) is 1. The van der Waals surface area contributed by atoms with Crippen LogP contribution in [0.25, 0.3) is 0 Å². The summed E-state index contributed by atoms with van der Waals surface area (Å²) in [5, 5.41) is 2.88. The summed E-state index contributed by atoms with van der Waals surface area (Å²) >= 11 is 0. The van der Waals surface area contributed by atoms with Crippen LogP contribution in [-0.4, -0.2) is 29.4 Å². The molecule has 4 nitrogen and oxygen atoms in total. The lowest BCUT2D eigenvalue weighted by molar-refractivity contribution is -0.130. The van der Waals surface area contributed by atoms with Crippen molar-refractivity contribution in [2.45, 2.75) is 32.2 Å². The van der Waals surface area contributed by atoms with E-state index in [1.165, 1.54) is 4.90 Å². The summed E-state index contributed by atoms with van der Waals surface area (Å²) in [6, 6.07) is -0.0987. The molecule has 13 heavy (non-hydrogen) atoms. The molecule has 1 aliphatic heterocycles. The lowest BCUT2D eigenvalue weighted by atomic mass is 10.1. The van der Waals surface area contributed by atoms with Gasteiger partial charge in [0.15, 0.2) is 0 Å². The molecule has 1 unspecified atom stereocenters. The van der Waals surface area contributed by atoms with Crippen molar-refractivity contribution in [2.24, 2.45) is 5.92 Å². The Labute approximate surface area is 77.3 Å². The van der Waals surface area contributed by atoms with E-state index in [4.69, 9.17) is 0 Å². The second-order valence-electron chi connectivity index (χ2n) is 3.74. The molecule has 1 saturated carbocycles. The summed E-state index contributed by atoms with van der Waals surface area (Å²) in [6.07, 6.45) is 2.80. The van der Waals surface area contributed by atoms with Crippen LogP contribution in [0.15, 0.2) is 0 Å². The summed E-state index contributed by atoms with van der Waals surface area (Å²) in [6.45, 7) is 2.29. The molecule has 2 rings (SSSR count). The van der Waals surface area contributed by atoms with Crippen LogP contribution in [0.4, 0.5) is 4.79 Å². The summed E-state index contributed by atoms with van der Waals surface area (Å²) in [5.74, 6) is 0.537. The van der Waals surface area contributed by atoms with Gasteiger partial charge in [-0.15, -0.1) is 0 Å². The van der Waals surface area contributed by atoms with Crippen LogP contribution in [0, 0.1) is 5.92 Å². The largest absolute Gasteiger partial charge is 0.334 e. The number of amides is 3. The fourth-order valence-corrected chi connectivity index (χ4v) is 1.80. The average Bonchev–Trinajstić information content (AvgIpc) is 2.85. The molecule has 0 aromatic rings. The Kier molecular flexibility index (Phi) is 1.98. The Balaban J connectivity index is 2.02. The maximum atomic E-state index is 11.4. The van der Waals surface area contributed by atoms with Gasteiger partial charge >= 0.3 is 6.03 Å². The zero-order valence-corrected chi connectivity index (χ0v) is 7.75. The number of carbonyl (C=O) groups is 2. The van der Waals surface area contributed by atoms with E-state index in [1.807, 2.05) is 6.92 Å². The molecule has 4 heteroatoms. The van der Waals surface area contributed by atoms with E-state index in [2.05, 4.69) is 5.32 Å². The van der Waals surface area contributed by atoms with Gasteiger partial charge in [0, 0.05) is 19.0 Å². The van der Waals surface area contributed by atoms with Gasteiger partial charge in [0.1, 0.15) is 0 Å². The van der Waals surface area contributed by atoms with Crippen LogP contribution < -0.4 is 5.32 Å². The van der Waals surface area contributed by atoms with Gasteiger partial charge in [0.25, 0.3) is 0 Å². The molecular formula is C9H14N2O2. The predicted molar refractivity (Wildman–Crippen MR) is 47.0 cm³/mol. The molecule has 1 heterocycles. The minimum atomic E-state index is -0.212. The number of imide groups is 1. The van der Waals surface area contributed by atoms with E-state index in [-0.39, 0.29) is 18.0 Å². The highest BCUT2D eigenvalue weighted by molar-refractivity contribution is 5.97. The highest BCUT2D eigenvalue weighted by atomic mass is 16.2. The summed E-state index contributed by atoms with van der Waals surface area (Å²) in [4.78, 5) is 24.1. The lowest BCUT2D eigenvalue weighted by Crippen LogP contribution is -2.55. The lowest BCUT2D eigenvalue weighted by Gasteiger charge is -2.30. The summed E-state index contributed by atoms with van der Waals surface area (Å²) in [5.41, 5.74) is 0. The highest BCUT2D eigenvalue weighted by Gasteiger charge is 2.39. The van der Waals surface area contributed by atoms with Crippen molar-refractivity contribution in [3.05, 3.63) is 0 Å². The predicted octanol–water partition coefficient (Wildman–Crippen LogP) is 0.727. The number of hydrogen-bond donors (Lipinski definition) is 1. The number of nitrogens with one attached hydrogen (secondary N) is 1. The van der Waals surface area contributed by atoms with Crippen LogP contribution >= 0.6 is 0 Å². The van der Waals surface area contributed by atoms with Gasteiger partial charge in [0.2, 0.25) is 5.91 Å². The molecule has 1 atom stereocenters. The van der Waals surface area contributed by atoms with Crippen molar-refractivity contribution >= 4 is 11.9 Å². The second kappa shape index (κ2) is 3.01. The van der Waals surface area contributed by atoms with Crippen molar-refractivity contribution in [1.82, 2.24) is 10.2 Å². The molecule has 3 amide bonds. The van der Waals surface area contributed by atoms with Gasteiger partial charge in [-0.2, -0.15) is 0 Å². The molecular weight excluding hydrogens is 168 g/mol. The normalized spacial score (nSPS) is 29.0. The molecule has 72 valence electrons. The van der Waals surface area contributed by atoms with E-state index < -0.39 is 0 Å². The SMILES string of the molecule is CCN1C(=O)CC(C2CC2)NC1=O. The van der Waals surface area contributed by atoms with E-state index in [0.717, 1.165) is 12.8 Å². The Morgan fingerprint density at radius 2 is 2.15 bits per heavy atom. The molecule has 1 aliphatic carbocycles. The van der Waals surface area contributed by atoms with Gasteiger partial charge in [-0.3, -0.25) is 9.69 Å². The second-order valence-corrected chi connectivity index (χ2v) is 3.74. The molecule has 1 saturated heterocycles. The van der Waals surface area contributed by atoms with Crippen molar-refractivity contribution in [2.75, 3.05) is 6.54 Å². The van der Waals surface area contributed by atoms with E-state index >= 15 is 0 Å². The van der Waals surface area contributed by atoms with Crippen molar-refractivity contribution in [3.63, 3.8) is 0 Å². The van der Waals surface area contributed by atoms with Gasteiger partial charge in [0.05, 0.1) is 0 Å². The Morgan fingerprint density at radius 3 is 2.62 bits per heavy atom. The number of rotatable bonds is 2. The van der Waals surface area contributed by atoms with Crippen molar-refractivity contribution < 1.29 is 9.59 Å². The minimum Gasteiger partial charge on any atom is -0.334 e. The molecule has 0 aromatic carbocycles. The van der Waals surface area contributed by atoms with Crippen LogP contribution in [0.3, 0.4) is 0 Å². The Morgan fingerprint density at radius 1 is 1.46 bits per heavy atom. The van der Waals surface area contributed by atoms with Crippen molar-refractivity contribution in [1.29, 1.82) is 0 Å². The molecule has 2 aliphatic rings. The zero-order chi connectivity index (χ0) is 9.42. The molecule has 0 spiro atoms. The maximum Gasteiger partial charge on any atom is 0.324 e. The topological polar surface area (TPSA) is 49.4 Å². The fraction of sp³-hybridized carbons (Fsp3) is 0.778. The molecule has 2 fully saturated rings. The number of carbonyl (C=O) groups excluding carboxylic acids is 2. The smallest absolute Gasteiger partial charge is 0.324 e. The first-order chi connectivity index (χ1) is 6.22. The zero-order valence-electron chi connectivity index (χ0n) is 7.75. The quantitative estimate of drug-likeness (QED) is 0.684. The first-order valence-electron chi connectivity index (χ1n) is 4.83. The molecule has 1 N–H and O–H groups in total. The first kappa shape index (κ1) is 8.53. The highest BCUT2D eigenvalue weighted by Crippen LogP contribution is 2.35. The van der Waals surface area contributed by atoms with Gasteiger partial charge < -0.3 is 5.32 Å². The fourth-order valence-electron chi connectivity index (χ4n) is 1.80. The van der Waals surface area contributed by atoms with Crippen LogP contribution in [0.1, 0.15) is 26.2 Å². The first-order valence-corrected chi connectivity index (χ1v) is 4.83. The summed E-state index contributed by atoms with van der Waals surface area (Å²) in [7, 11) is 0. The Bertz CT molecular complexity index is 230.